The van der Waals surface area contributed by atoms with Gasteiger partial charge in [-0.1, -0.05) is 41.0 Å². The van der Waals surface area contributed by atoms with Crippen molar-refractivity contribution in [3.05, 3.63) is 22.8 Å². The zero-order valence-corrected chi connectivity index (χ0v) is 16.6. The molecule has 1 aromatic rings. The first kappa shape index (κ1) is 18.3. The molecule has 1 saturated carbocycles. The summed E-state index contributed by atoms with van der Waals surface area (Å²) in [5.41, 5.74) is 4.78. The van der Waals surface area contributed by atoms with E-state index < -0.39 is 0 Å². The van der Waals surface area contributed by atoms with Crippen LogP contribution in [-0.2, 0) is 16.6 Å². The molecule has 2 atom stereocenters. The summed E-state index contributed by atoms with van der Waals surface area (Å²) in [7, 11) is 0. The van der Waals surface area contributed by atoms with E-state index in [0.29, 0.717) is 17.0 Å². The minimum absolute atomic E-state index is 0.125. The van der Waals surface area contributed by atoms with Gasteiger partial charge >= 0.3 is 0 Å². The van der Waals surface area contributed by atoms with E-state index in [0.717, 1.165) is 12.0 Å². The molecule has 0 radical (unpaired) electrons. The summed E-state index contributed by atoms with van der Waals surface area (Å²) in [4.78, 5) is 11.7. The largest absolute Gasteiger partial charge is 0.505 e. The van der Waals surface area contributed by atoms with Gasteiger partial charge in [-0.2, -0.15) is 0 Å². The second kappa shape index (κ2) is 6.03. The minimum atomic E-state index is -0.133. The summed E-state index contributed by atoms with van der Waals surface area (Å²) in [6, 6.07) is 2.07. The van der Waals surface area contributed by atoms with Crippen LogP contribution < -0.4 is 5.32 Å². The minimum Gasteiger partial charge on any atom is -0.505 e. The molecular formula is C22H33NO2. The van der Waals surface area contributed by atoms with Crippen LogP contribution in [0, 0.1) is 11.3 Å². The SMILES string of the molecule is CC(=O)Nc1cc2c(c(C(C)C)c1O)CC[C@H]1C(C)(C)CCC[C@]21C. The van der Waals surface area contributed by atoms with E-state index in [9.17, 15) is 9.90 Å². The predicted octanol–water partition coefficient (Wildman–Crippen LogP) is 5.50. The smallest absolute Gasteiger partial charge is 0.221 e. The van der Waals surface area contributed by atoms with Crippen molar-refractivity contribution in [2.75, 3.05) is 5.32 Å². The van der Waals surface area contributed by atoms with Crippen molar-refractivity contribution in [1.29, 1.82) is 0 Å². The molecule has 138 valence electrons. The summed E-state index contributed by atoms with van der Waals surface area (Å²) >= 11 is 0. The lowest BCUT2D eigenvalue weighted by molar-refractivity contribution is -0.114. The molecule has 1 fully saturated rings. The number of phenols is 1. The van der Waals surface area contributed by atoms with Crippen LogP contribution in [0.5, 0.6) is 5.75 Å². The van der Waals surface area contributed by atoms with Gasteiger partial charge in [-0.15, -0.1) is 0 Å². The Kier molecular flexibility index (Phi) is 4.41. The van der Waals surface area contributed by atoms with E-state index in [1.165, 1.54) is 43.7 Å². The fraction of sp³-hybridized carbons (Fsp3) is 0.682. The average Bonchev–Trinajstić information content (AvgIpc) is 2.47. The fourth-order valence-electron chi connectivity index (χ4n) is 5.86. The van der Waals surface area contributed by atoms with Crippen molar-refractivity contribution >= 4 is 11.6 Å². The highest BCUT2D eigenvalue weighted by atomic mass is 16.3. The van der Waals surface area contributed by atoms with Crippen LogP contribution in [0.2, 0.25) is 0 Å². The molecular weight excluding hydrogens is 310 g/mol. The number of amides is 1. The van der Waals surface area contributed by atoms with Crippen molar-refractivity contribution < 1.29 is 9.90 Å². The third kappa shape index (κ3) is 2.86. The Morgan fingerprint density at radius 3 is 2.56 bits per heavy atom. The van der Waals surface area contributed by atoms with Crippen LogP contribution in [-0.4, -0.2) is 11.0 Å². The van der Waals surface area contributed by atoms with Gasteiger partial charge in [-0.3, -0.25) is 4.79 Å². The summed E-state index contributed by atoms with van der Waals surface area (Å²) in [6.45, 7) is 13.0. The summed E-state index contributed by atoms with van der Waals surface area (Å²) in [5.74, 6) is 1.02. The summed E-state index contributed by atoms with van der Waals surface area (Å²) < 4.78 is 0. The van der Waals surface area contributed by atoms with Crippen LogP contribution in [0.1, 0.15) is 89.8 Å². The Hall–Kier alpha value is -1.51. The summed E-state index contributed by atoms with van der Waals surface area (Å²) in [6.07, 6.45) is 5.94. The average molecular weight is 344 g/mol. The number of aromatic hydroxyl groups is 1. The highest BCUT2D eigenvalue weighted by Crippen LogP contribution is 2.59. The lowest BCUT2D eigenvalue weighted by atomic mass is 9.50. The molecule has 0 unspecified atom stereocenters. The molecule has 25 heavy (non-hydrogen) atoms. The number of hydrogen-bond acceptors (Lipinski definition) is 2. The standard InChI is InChI=1S/C22H33NO2/c1-13(2)19-15-8-9-18-21(4,5)10-7-11-22(18,6)16(15)12-17(20(19)25)23-14(3)24/h12-13,18,25H,7-11H2,1-6H3,(H,23,24)/t18-,22+/m0/s1. The number of carbonyl (C=O) groups excluding carboxylic acids is 1. The molecule has 0 saturated heterocycles. The first-order chi connectivity index (χ1) is 11.6. The molecule has 0 bridgehead atoms. The maximum absolute atomic E-state index is 11.7. The Balaban J connectivity index is 2.23. The van der Waals surface area contributed by atoms with Gasteiger partial charge < -0.3 is 10.4 Å². The molecule has 3 heteroatoms. The number of nitrogens with one attached hydrogen (secondary N) is 1. The van der Waals surface area contributed by atoms with Crippen LogP contribution >= 0.6 is 0 Å². The zero-order chi connectivity index (χ0) is 18.6. The van der Waals surface area contributed by atoms with E-state index in [1.54, 1.807) is 0 Å². The van der Waals surface area contributed by atoms with Gasteiger partial charge in [0, 0.05) is 12.5 Å². The van der Waals surface area contributed by atoms with Gasteiger partial charge in [0.2, 0.25) is 5.91 Å². The van der Waals surface area contributed by atoms with Crippen molar-refractivity contribution in [2.24, 2.45) is 11.3 Å². The predicted molar refractivity (Wildman–Crippen MR) is 103 cm³/mol. The Bertz CT molecular complexity index is 704. The van der Waals surface area contributed by atoms with Gasteiger partial charge in [0.1, 0.15) is 5.75 Å². The second-order valence-electron chi connectivity index (χ2n) is 9.40. The molecule has 2 aliphatic carbocycles. The van der Waals surface area contributed by atoms with Gasteiger partial charge in [0.15, 0.2) is 0 Å². The quantitative estimate of drug-likeness (QED) is 0.696. The summed E-state index contributed by atoms with van der Waals surface area (Å²) in [5, 5.41) is 13.7. The molecule has 0 aliphatic heterocycles. The second-order valence-corrected chi connectivity index (χ2v) is 9.40. The number of benzene rings is 1. The molecule has 0 aromatic heterocycles. The van der Waals surface area contributed by atoms with E-state index in [-0.39, 0.29) is 23.0 Å². The number of carbonyl (C=O) groups is 1. The molecule has 3 rings (SSSR count). The van der Waals surface area contributed by atoms with E-state index in [2.05, 4.69) is 46.0 Å². The normalized spacial score (nSPS) is 27.6. The van der Waals surface area contributed by atoms with Crippen LogP contribution in [0.4, 0.5) is 5.69 Å². The molecule has 2 N–H and O–H groups in total. The number of anilines is 1. The molecule has 0 spiro atoms. The highest BCUT2D eigenvalue weighted by molar-refractivity contribution is 5.91. The number of phenolic OH excluding ortho intramolecular Hbond substituents is 1. The van der Waals surface area contributed by atoms with Crippen molar-refractivity contribution in [2.45, 2.75) is 85.0 Å². The number of hydrogen-bond donors (Lipinski definition) is 2. The van der Waals surface area contributed by atoms with Crippen molar-refractivity contribution in [3.63, 3.8) is 0 Å². The van der Waals surface area contributed by atoms with Gasteiger partial charge in [0.05, 0.1) is 5.69 Å². The molecule has 0 heterocycles. The van der Waals surface area contributed by atoms with Crippen molar-refractivity contribution in [3.8, 4) is 5.75 Å². The molecule has 2 aliphatic rings. The van der Waals surface area contributed by atoms with Gasteiger partial charge in [-0.05, 0) is 65.5 Å². The van der Waals surface area contributed by atoms with Crippen LogP contribution in [0.25, 0.3) is 0 Å². The maximum Gasteiger partial charge on any atom is 0.221 e. The Labute approximate surface area is 152 Å². The lowest BCUT2D eigenvalue weighted by Crippen LogP contribution is -2.48. The fourth-order valence-corrected chi connectivity index (χ4v) is 5.86. The lowest BCUT2D eigenvalue weighted by Gasteiger charge is -2.55. The van der Waals surface area contributed by atoms with Crippen LogP contribution in [0.15, 0.2) is 6.07 Å². The van der Waals surface area contributed by atoms with E-state index >= 15 is 0 Å². The number of fused-ring (bicyclic) bond motifs is 3. The van der Waals surface area contributed by atoms with Gasteiger partial charge in [0.25, 0.3) is 0 Å². The Morgan fingerprint density at radius 2 is 1.96 bits per heavy atom. The third-order valence-corrected chi connectivity index (χ3v) is 6.87. The van der Waals surface area contributed by atoms with E-state index in [1.807, 2.05) is 0 Å². The number of rotatable bonds is 2. The van der Waals surface area contributed by atoms with Gasteiger partial charge in [-0.25, -0.2) is 0 Å². The maximum atomic E-state index is 11.7. The highest BCUT2D eigenvalue weighted by Gasteiger charge is 2.50. The Morgan fingerprint density at radius 1 is 1.28 bits per heavy atom. The van der Waals surface area contributed by atoms with E-state index in [4.69, 9.17) is 0 Å². The topological polar surface area (TPSA) is 49.3 Å². The first-order valence-corrected chi connectivity index (χ1v) is 9.74. The van der Waals surface area contributed by atoms with Crippen molar-refractivity contribution in [1.82, 2.24) is 0 Å². The zero-order valence-electron chi connectivity index (χ0n) is 16.6. The molecule has 1 amide bonds. The van der Waals surface area contributed by atoms with Crippen LogP contribution in [0.3, 0.4) is 0 Å². The monoisotopic (exact) mass is 343 g/mol. The molecule has 3 nitrogen and oxygen atoms in total. The first-order valence-electron chi connectivity index (χ1n) is 9.74. The molecule has 1 aromatic carbocycles. The third-order valence-electron chi connectivity index (χ3n) is 6.87.